The van der Waals surface area contributed by atoms with E-state index in [1.807, 2.05) is 94.4 Å². The maximum atomic E-state index is 13.5. The smallest absolute Gasteiger partial charge is 0.308 e. The molecule has 1 aliphatic rings. The second-order valence-corrected chi connectivity index (χ2v) is 15.3. The summed E-state index contributed by atoms with van der Waals surface area (Å²) in [7, 11) is -3.52. The van der Waals surface area contributed by atoms with Gasteiger partial charge in [0.2, 0.25) is 10.0 Å². The van der Waals surface area contributed by atoms with Crippen molar-refractivity contribution in [2.75, 3.05) is 23.7 Å². The molecule has 2 N–H and O–H groups in total. The number of carbonyl (C=O) groups is 1. The van der Waals surface area contributed by atoms with Gasteiger partial charge in [0.1, 0.15) is 5.82 Å². The molecular formula is C36H45N5O3S. The number of carbonyl (C=O) groups excluding carboxylic acids is 1. The number of sulfonamides is 1. The van der Waals surface area contributed by atoms with Crippen LogP contribution in [0, 0.1) is 33.6 Å². The van der Waals surface area contributed by atoms with Gasteiger partial charge in [0, 0.05) is 30.3 Å². The second-order valence-electron chi connectivity index (χ2n) is 13.5. The highest BCUT2D eigenvalue weighted by atomic mass is 32.2. The molecule has 1 aliphatic heterocycles. The fraction of sp³-hybridized carbons (Fsp3) is 0.389. The molecule has 0 atom stereocenters. The lowest BCUT2D eigenvalue weighted by Crippen LogP contribution is -2.39. The molecule has 0 spiro atoms. The van der Waals surface area contributed by atoms with Crippen molar-refractivity contribution in [3.8, 4) is 5.69 Å². The van der Waals surface area contributed by atoms with E-state index in [2.05, 4.69) is 31.4 Å². The highest BCUT2D eigenvalue weighted by Gasteiger charge is 2.31. The van der Waals surface area contributed by atoms with E-state index >= 15 is 0 Å². The molecule has 0 unspecified atom stereocenters. The first kappa shape index (κ1) is 32.4. The van der Waals surface area contributed by atoms with Crippen molar-refractivity contribution in [3.63, 3.8) is 0 Å². The van der Waals surface area contributed by atoms with Crippen molar-refractivity contribution in [2.24, 2.45) is 5.92 Å². The highest BCUT2D eigenvalue weighted by Crippen LogP contribution is 2.31. The number of aryl methyl sites for hydroxylation is 4. The largest absolute Gasteiger partial charge is 0.324 e. The molecule has 4 aromatic rings. The lowest BCUT2D eigenvalue weighted by Gasteiger charge is -2.32. The zero-order valence-corrected chi connectivity index (χ0v) is 28.3. The number of aromatic nitrogens is 2. The van der Waals surface area contributed by atoms with E-state index in [0.717, 1.165) is 52.9 Å². The van der Waals surface area contributed by atoms with Crippen LogP contribution in [0.3, 0.4) is 0 Å². The van der Waals surface area contributed by atoms with Gasteiger partial charge in [-0.05, 0) is 93.8 Å². The number of amides is 2. The van der Waals surface area contributed by atoms with Gasteiger partial charge in [-0.2, -0.15) is 9.40 Å². The molecule has 9 heteroatoms. The van der Waals surface area contributed by atoms with Crippen molar-refractivity contribution < 1.29 is 13.2 Å². The van der Waals surface area contributed by atoms with Crippen molar-refractivity contribution in [2.45, 2.75) is 78.0 Å². The lowest BCUT2D eigenvalue weighted by molar-refractivity contribution is 0.262. The summed E-state index contributed by atoms with van der Waals surface area (Å²) in [6, 6.07) is 21.4. The molecule has 2 amide bonds. The standard InChI is InChI=1S/C36H45N5O3S/c1-24-8-14-31(15-9-24)41-33(23-32(39-41)36(5,6)7)38-35(42)37-30-12-10-28(11-13-30)22-29-16-18-40(19-17-29)45(43,44)34-26(3)20-25(2)21-27(34)4/h8-15,20-21,23,29H,16-19,22H2,1-7H3,(H2,37,38,42). The molecule has 1 fully saturated rings. The lowest BCUT2D eigenvalue weighted by atomic mass is 9.91. The summed E-state index contributed by atoms with van der Waals surface area (Å²) in [5.74, 6) is 0.997. The number of hydrogen-bond acceptors (Lipinski definition) is 4. The molecule has 3 aromatic carbocycles. The van der Waals surface area contributed by atoms with E-state index in [0.29, 0.717) is 35.4 Å². The summed E-state index contributed by atoms with van der Waals surface area (Å²) in [5.41, 5.74) is 7.28. The predicted octanol–water partition coefficient (Wildman–Crippen LogP) is 7.69. The number of hydrogen-bond donors (Lipinski definition) is 2. The van der Waals surface area contributed by atoms with E-state index in [9.17, 15) is 13.2 Å². The molecule has 0 saturated carbocycles. The van der Waals surface area contributed by atoms with Gasteiger partial charge in [0.15, 0.2) is 0 Å². The molecule has 8 nitrogen and oxygen atoms in total. The Labute approximate surface area is 267 Å². The van der Waals surface area contributed by atoms with Crippen LogP contribution in [0.15, 0.2) is 71.6 Å². The Kier molecular flexibility index (Phi) is 9.23. The van der Waals surface area contributed by atoms with Crippen LogP contribution >= 0.6 is 0 Å². The number of rotatable bonds is 7. The average molecular weight is 628 g/mol. The van der Waals surface area contributed by atoms with Crippen molar-refractivity contribution >= 4 is 27.6 Å². The van der Waals surface area contributed by atoms with Gasteiger partial charge < -0.3 is 5.32 Å². The minimum atomic E-state index is -3.52. The summed E-state index contributed by atoms with van der Waals surface area (Å²) < 4.78 is 30.4. The number of nitrogens with zero attached hydrogens (tertiary/aromatic N) is 3. The monoisotopic (exact) mass is 627 g/mol. The van der Waals surface area contributed by atoms with Crippen LogP contribution in [0.25, 0.3) is 5.69 Å². The summed E-state index contributed by atoms with van der Waals surface area (Å²) in [5, 5.41) is 10.7. The SMILES string of the molecule is Cc1ccc(-n2nc(C(C)(C)C)cc2NC(=O)Nc2ccc(CC3CCN(S(=O)(=O)c4c(C)cc(C)cc4C)CC3)cc2)cc1. The maximum absolute atomic E-state index is 13.5. The van der Waals surface area contributed by atoms with Crippen molar-refractivity contribution in [1.29, 1.82) is 0 Å². The van der Waals surface area contributed by atoms with E-state index in [4.69, 9.17) is 5.10 Å². The quantitative estimate of drug-likeness (QED) is 0.220. The van der Waals surface area contributed by atoms with Gasteiger partial charge in [-0.1, -0.05) is 68.3 Å². The first-order valence-corrected chi connectivity index (χ1v) is 17.1. The van der Waals surface area contributed by atoms with E-state index in [-0.39, 0.29) is 11.4 Å². The Morgan fingerprint density at radius 2 is 1.44 bits per heavy atom. The zero-order chi connectivity index (χ0) is 32.5. The molecule has 1 aromatic heterocycles. The molecular weight excluding hydrogens is 582 g/mol. The van der Waals surface area contributed by atoms with E-state index < -0.39 is 10.0 Å². The van der Waals surface area contributed by atoms with Gasteiger partial charge in [-0.15, -0.1) is 0 Å². The fourth-order valence-corrected chi connectivity index (χ4v) is 7.99. The Bertz CT molecular complexity index is 1750. The Hall–Kier alpha value is -3.95. The van der Waals surface area contributed by atoms with Gasteiger partial charge in [0.25, 0.3) is 0 Å². The minimum absolute atomic E-state index is 0.178. The molecule has 0 bridgehead atoms. The Morgan fingerprint density at radius 1 is 0.844 bits per heavy atom. The molecule has 238 valence electrons. The Balaban J connectivity index is 1.18. The number of piperidine rings is 1. The maximum Gasteiger partial charge on any atom is 0.324 e. The predicted molar refractivity (Wildman–Crippen MR) is 182 cm³/mol. The number of nitrogens with one attached hydrogen (secondary N) is 2. The molecule has 0 aliphatic carbocycles. The number of benzene rings is 3. The Morgan fingerprint density at radius 3 is 2.02 bits per heavy atom. The minimum Gasteiger partial charge on any atom is -0.308 e. The summed E-state index contributed by atoms with van der Waals surface area (Å²) in [4.78, 5) is 13.5. The van der Waals surface area contributed by atoms with Crippen LogP contribution in [-0.2, 0) is 21.9 Å². The van der Waals surface area contributed by atoms with Gasteiger partial charge in [-0.3, -0.25) is 5.32 Å². The van der Waals surface area contributed by atoms with Crippen LogP contribution < -0.4 is 10.6 Å². The van der Waals surface area contributed by atoms with E-state index in [1.54, 1.807) is 8.99 Å². The third-order valence-corrected chi connectivity index (χ3v) is 10.7. The van der Waals surface area contributed by atoms with Crippen molar-refractivity contribution in [3.05, 3.63) is 100 Å². The van der Waals surface area contributed by atoms with Gasteiger partial charge >= 0.3 is 6.03 Å². The van der Waals surface area contributed by atoms with Crippen molar-refractivity contribution in [1.82, 2.24) is 14.1 Å². The van der Waals surface area contributed by atoms with Crippen LogP contribution in [0.4, 0.5) is 16.3 Å². The molecule has 45 heavy (non-hydrogen) atoms. The third-order valence-electron chi connectivity index (χ3n) is 8.51. The summed E-state index contributed by atoms with van der Waals surface area (Å²) in [6.45, 7) is 15.1. The normalized spacial score (nSPS) is 14.8. The van der Waals surface area contributed by atoms with Crippen LogP contribution in [0.1, 0.15) is 67.1 Å². The van der Waals surface area contributed by atoms with E-state index in [1.165, 1.54) is 5.56 Å². The summed E-state index contributed by atoms with van der Waals surface area (Å²) in [6.07, 6.45) is 2.50. The third kappa shape index (κ3) is 7.48. The number of urea groups is 1. The fourth-order valence-electron chi connectivity index (χ4n) is 6.11. The molecule has 0 radical (unpaired) electrons. The molecule has 2 heterocycles. The second kappa shape index (κ2) is 12.8. The molecule has 5 rings (SSSR count). The average Bonchev–Trinajstić information content (AvgIpc) is 3.38. The highest BCUT2D eigenvalue weighted by molar-refractivity contribution is 7.89. The van der Waals surface area contributed by atoms with Gasteiger partial charge in [-0.25, -0.2) is 17.9 Å². The van der Waals surface area contributed by atoms with Crippen LogP contribution in [-0.4, -0.2) is 41.6 Å². The molecule has 1 saturated heterocycles. The van der Waals surface area contributed by atoms with Crippen LogP contribution in [0.5, 0.6) is 0 Å². The first-order valence-electron chi connectivity index (χ1n) is 15.6. The first-order chi connectivity index (χ1) is 21.2. The van der Waals surface area contributed by atoms with Gasteiger partial charge in [0.05, 0.1) is 16.3 Å². The van der Waals surface area contributed by atoms with Crippen LogP contribution in [0.2, 0.25) is 0 Å². The topological polar surface area (TPSA) is 96.3 Å². The number of anilines is 2. The summed E-state index contributed by atoms with van der Waals surface area (Å²) >= 11 is 0. The zero-order valence-electron chi connectivity index (χ0n) is 27.4.